The van der Waals surface area contributed by atoms with Crippen molar-refractivity contribution in [1.82, 2.24) is 5.32 Å². The summed E-state index contributed by atoms with van der Waals surface area (Å²) in [6.07, 6.45) is 3.61. The van der Waals surface area contributed by atoms with Crippen LogP contribution in [-0.4, -0.2) is 36.4 Å². The maximum atomic E-state index is 11.6. The zero-order valence-corrected chi connectivity index (χ0v) is 10.4. The SMILES string of the molecule is COC(=O)C(N[C@H]1CCCC[C@@H]1O)C(C)C. The van der Waals surface area contributed by atoms with Crippen molar-refractivity contribution in [3.63, 3.8) is 0 Å². The molecule has 1 unspecified atom stereocenters. The maximum absolute atomic E-state index is 11.6. The van der Waals surface area contributed by atoms with E-state index < -0.39 is 0 Å². The Bertz CT molecular complexity index is 230. The third-order valence-electron chi connectivity index (χ3n) is 3.24. The Labute approximate surface area is 97.4 Å². The Hall–Kier alpha value is -0.610. The highest BCUT2D eigenvalue weighted by Gasteiger charge is 2.30. The van der Waals surface area contributed by atoms with Gasteiger partial charge in [-0.1, -0.05) is 26.7 Å². The summed E-state index contributed by atoms with van der Waals surface area (Å²) in [4.78, 5) is 11.6. The molecule has 3 atom stereocenters. The predicted molar refractivity (Wildman–Crippen MR) is 62.0 cm³/mol. The van der Waals surface area contributed by atoms with E-state index in [0.29, 0.717) is 0 Å². The molecular formula is C12H23NO3. The zero-order valence-electron chi connectivity index (χ0n) is 10.4. The van der Waals surface area contributed by atoms with E-state index in [1.54, 1.807) is 0 Å². The lowest BCUT2D eigenvalue weighted by Crippen LogP contribution is -2.52. The van der Waals surface area contributed by atoms with E-state index in [1.807, 2.05) is 13.8 Å². The Balaban J connectivity index is 2.56. The van der Waals surface area contributed by atoms with Gasteiger partial charge in [0.25, 0.3) is 0 Å². The number of carbonyl (C=O) groups excluding carboxylic acids is 1. The van der Waals surface area contributed by atoms with Gasteiger partial charge < -0.3 is 9.84 Å². The number of hydrogen-bond acceptors (Lipinski definition) is 4. The highest BCUT2D eigenvalue weighted by atomic mass is 16.5. The van der Waals surface area contributed by atoms with Gasteiger partial charge in [0.1, 0.15) is 6.04 Å². The molecule has 16 heavy (non-hydrogen) atoms. The van der Waals surface area contributed by atoms with Crippen LogP contribution in [0.3, 0.4) is 0 Å². The van der Waals surface area contributed by atoms with Gasteiger partial charge in [-0.05, 0) is 18.8 Å². The first kappa shape index (κ1) is 13.5. The number of ether oxygens (including phenoxy) is 1. The Morgan fingerprint density at radius 3 is 2.50 bits per heavy atom. The zero-order chi connectivity index (χ0) is 12.1. The summed E-state index contributed by atoms with van der Waals surface area (Å²) in [6, 6.07) is -0.289. The van der Waals surface area contributed by atoms with E-state index in [0.717, 1.165) is 25.7 Å². The minimum absolute atomic E-state index is 0.0280. The van der Waals surface area contributed by atoms with Gasteiger partial charge in [-0.25, -0.2) is 0 Å². The molecule has 0 aromatic heterocycles. The molecule has 0 spiro atoms. The van der Waals surface area contributed by atoms with E-state index >= 15 is 0 Å². The van der Waals surface area contributed by atoms with Crippen LogP contribution in [-0.2, 0) is 9.53 Å². The number of nitrogens with one attached hydrogen (secondary N) is 1. The normalized spacial score (nSPS) is 27.8. The predicted octanol–water partition coefficient (Wildman–Crippen LogP) is 1.08. The topological polar surface area (TPSA) is 58.6 Å². The molecule has 0 aromatic rings. The van der Waals surface area contributed by atoms with Gasteiger partial charge >= 0.3 is 5.97 Å². The lowest BCUT2D eigenvalue weighted by molar-refractivity contribution is -0.145. The molecule has 0 radical (unpaired) electrons. The summed E-state index contributed by atoms with van der Waals surface area (Å²) in [7, 11) is 1.40. The third-order valence-corrected chi connectivity index (χ3v) is 3.24. The Kier molecular flexibility index (Phi) is 5.22. The molecular weight excluding hydrogens is 206 g/mol. The monoisotopic (exact) mass is 229 g/mol. The van der Waals surface area contributed by atoms with Gasteiger partial charge in [0.15, 0.2) is 0 Å². The molecule has 0 amide bonds. The van der Waals surface area contributed by atoms with Gasteiger partial charge in [0.2, 0.25) is 0 Å². The number of methoxy groups -OCH3 is 1. The molecule has 2 N–H and O–H groups in total. The van der Waals surface area contributed by atoms with Gasteiger partial charge in [0.05, 0.1) is 13.2 Å². The molecule has 1 fully saturated rings. The van der Waals surface area contributed by atoms with Gasteiger partial charge in [0, 0.05) is 6.04 Å². The van der Waals surface area contributed by atoms with E-state index in [4.69, 9.17) is 4.74 Å². The van der Waals surface area contributed by atoms with Crippen molar-refractivity contribution in [2.45, 2.75) is 57.7 Å². The minimum atomic E-state index is -0.334. The van der Waals surface area contributed by atoms with Crippen molar-refractivity contribution in [3.05, 3.63) is 0 Å². The first-order valence-corrected chi connectivity index (χ1v) is 6.08. The van der Waals surface area contributed by atoms with Crippen molar-refractivity contribution >= 4 is 5.97 Å². The standard InChI is InChI=1S/C12H23NO3/c1-8(2)11(12(15)16-3)13-9-6-4-5-7-10(9)14/h8-11,13-14H,4-7H2,1-3H3/t9-,10-,11?/m0/s1. The number of carbonyl (C=O) groups is 1. The number of aliphatic hydroxyl groups is 1. The van der Waals surface area contributed by atoms with Crippen molar-refractivity contribution in [3.8, 4) is 0 Å². The van der Waals surface area contributed by atoms with Crippen LogP contribution in [0, 0.1) is 5.92 Å². The number of esters is 1. The second-order valence-electron chi connectivity index (χ2n) is 4.87. The van der Waals surface area contributed by atoms with E-state index in [2.05, 4.69) is 5.32 Å². The van der Waals surface area contributed by atoms with Crippen LogP contribution >= 0.6 is 0 Å². The molecule has 94 valence electrons. The molecule has 0 heterocycles. The van der Waals surface area contributed by atoms with Crippen molar-refractivity contribution < 1.29 is 14.6 Å². The van der Waals surface area contributed by atoms with Gasteiger partial charge in [-0.15, -0.1) is 0 Å². The molecule has 0 aliphatic heterocycles. The van der Waals surface area contributed by atoms with E-state index in [-0.39, 0.29) is 30.1 Å². The summed E-state index contributed by atoms with van der Waals surface area (Å²) in [5, 5.41) is 13.1. The van der Waals surface area contributed by atoms with Crippen molar-refractivity contribution in [1.29, 1.82) is 0 Å². The molecule has 1 rings (SSSR count). The average Bonchev–Trinajstić information content (AvgIpc) is 2.26. The summed E-state index contributed by atoms with van der Waals surface area (Å²) >= 11 is 0. The lowest BCUT2D eigenvalue weighted by atomic mass is 9.91. The van der Waals surface area contributed by atoms with Crippen LogP contribution < -0.4 is 5.32 Å². The van der Waals surface area contributed by atoms with Crippen LogP contribution in [0.5, 0.6) is 0 Å². The van der Waals surface area contributed by atoms with Crippen LogP contribution in [0.2, 0.25) is 0 Å². The maximum Gasteiger partial charge on any atom is 0.323 e. The first-order chi connectivity index (χ1) is 7.56. The van der Waals surface area contributed by atoms with Gasteiger partial charge in [-0.3, -0.25) is 10.1 Å². The molecule has 0 aromatic carbocycles. The molecule has 1 aliphatic carbocycles. The largest absolute Gasteiger partial charge is 0.468 e. The minimum Gasteiger partial charge on any atom is -0.468 e. The van der Waals surface area contributed by atoms with Gasteiger partial charge in [-0.2, -0.15) is 0 Å². The number of hydrogen-bond donors (Lipinski definition) is 2. The fraction of sp³-hybridized carbons (Fsp3) is 0.917. The summed E-state index contributed by atoms with van der Waals surface area (Å²) in [5.74, 6) is -0.0747. The fourth-order valence-corrected chi connectivity index (χ4v) is 2.20. The number of rotatable bonds is 4. The van der Waals surface area contributed by atoms with Crippen LogP contribution in [0.15, 0.2) is 0 Å². The fourth-order valence-electron chi connectivity index (χ4n) is 2.20. The highest BCUT2D eigenvalue weighted by Crippen LogP contribution is 2.20. The average molecular weight is 229 g/mol. The first-order valence-electron chi connectivity index (χ1n) is 6.08. The highest BCUT2D eigenvalue weighted by molar-refractivity contribution is 5.76. The smallest absolute Gasteiger partial charge is 0.323 e. The molecule has 0 bridgehead atoms. The molecule has 4 nitrogen and oxygen atoms in total. The third kappa shape index (κ3) is 3.46. The summed E-state index contributed by atoms with van der Waals surface area (Å²) < 4.78 is 4.77. The van der Waals surface area contributed by atoms with Crippen molar-refractivity contribution in [2.75, 3.05) is 7.11 Å². The van der Waals surface area contributed by atoms with E-state index in [9.17, 15) is 9.90 Å². The van der Waals surface area contributed by atoms with Crippen molar-refractivity contribution in [2.24, 2.45) is 5.92 Å². The van der Waals surface area contributed by atoms with E-state index in [1.165, 1.54) is 7.11 Å². The van der Waals surface area contributed by atoms with Crippen LogP contribution in [0.25, 0.3) is 0 Å². The molecule has 0 saturated heterocycles. The molecule has 1 saturated carbocycles. The Morgan fingerprint density at radius 1 is 1.38 bits per heavy atom. The van der Waals surface area contributed by atoms with Crippen LogP contribution in [0.1, 0.15) is 39.5 Å². The molecule has 4 heteroatoms. The Morgan fingerprint density at radius 2 is 2.00 bits per heavy atom. The lowest BCUT2D eigenvalue weighted by Gasteiger charge is -2.32. The summed E-state index contributed by atoms with van der Waals surface area (Å²) in [5.41, 5.74) is 0. The number of aliphatic hydroxyl groups excluding tert-OH is 1. The second kappa shape index (κ2) is 6.21. The second-order valence-corrected chi connectivity index (χ2v) is 4.87. The molecule has 1 aliphatic rings. The van der Waals surface area contributed by atoms with Crippen LogP contribution in [0.4, 0.5) is 0 Å². The quantitative estimate of drug-likeness (QED) is 0.708. The summed E-state index contributed by atoms with van der Waals surface area (Å²) in [6.45, 7) is 3.95.